The fourth-order valence-electron chi connectivity index (χ4n) is 0.971. The zero-order valence-corrected chi connectivity index (χ0v) is 13.6. The minimum absolute atomic E-state index is 0. The molecule has 0 saturated carbocycles. The molecule has 0 radical (unpaired) electrons. The van der Waals surface area contributed by atoms with Crippen LogP contribution in [0.3, 0.4) is 0 Å². The molecule has 4 N–H and O–H groups in total. The van der Waals surface area contributed by atoms with Crippen LogP contribution in [0.25, 0.3) is 0 Å². The monoisotopic (exact) mass is 333 g/mol. The van der Waals surface area contributed by atoms with Crippen molar-refractivity contribution in [1.29, 1.82) is 0 Å². The van der Waals surface area contributed by atoms with E-state index in [9.17, 15) is 8.85 Å². The Morgan fingerprint density at radius 3 is 2.65 bits per heavy atom. The second-order valence-corrected chi connectivity index (χ2v) is 6.49. The van der Waals surface area contributed by atoms with Crippen molar-refractivity contribution >= 4 is 36.5 Å². The Morgan fingerprint density at radius 1 is 1.47 bits per heavy atom. The topological polar surface area (TPSA) is 122 Å². The summed E-state index contributed by atoms with van der Waals surface area (Å²) in [5.41, 5.74) is 0.0104. The molecule has 0 bridgehead atoms. The standard InChI is InChI=1S/C7H10AsNO6S.Na/c10-7-2-1-5(8(11,12)13)3-6(7)9-4-15-16-14;/h1-3,9-10,14H,4H2,(H2,11,12,13);/q;+1/p-1. The van der Waals surface area contributed by atoms with E-state index >= 15 is 0 Å². The largest absolute Gasteiger partial charge is 1.00 e. The van der Waals surface area contributed by atoms with Crippen LogP contribution in [0.2, 0.25) is 0 Å². The molecule has 0 spiro atoms. The van der Waals surface area contributed by atoms with E-state index in [4.69, 9.17) is 12.7 Å². The molecule has 90 valence electrons. The van der Waals surface area contributed by atoms with Crippen LogP contribution in [0.1, 0.15) is 0 Å². The number of anilines is 1. The van der Waals surface area contributed by atoms with E-state index in [2.05, 4.69) is 9.50 Å². The summed E-state index contributed by atoms with van der Waals surface area (Å²) in [5, 5.41) is 13.7. The van der Waals surface area contributed by atoms with Gasteiger partial charge in [0, 0.05) is 0 Å². The summed E-state index contributed by atoms with van der Waals surface area (Å²) in [4.78, 5) is 0. The maximum Gasteiger partial charge on any atom is 1.00 e. The molecule has 0 unspecified atom stereocenters. The van der Waals surface area contributed by atoms with Gasteiger partial charge in [-0.05, 0) is 0 Å². The van der Waals surface area contributed by atoms with Crippen LogP contribution in [0.4, 0.5) is 5.69 Å². The van der Waals surface area contributed by atoms with E-state index in [1.807, 2.05) is 0 Å². The number of benzene rings is 1. The molecular weight excluding hydrogens is 324 g/mol. The fraction of sp³-hybridized carbons (Fsp3) is 0.143. The third-order valence-electron chi connectivity index (χ3n) is 1.67. The van der Waals surface area contributed by atoms with Crippen LogP contribution >= 0.6 is 12.3 Å². The number of hydrogen-bond acceptors (Lipinski definition) is 6. The van der Waals surface area contributed by atoms with E-state index in [0.29, 0.717) is 0 Å². The molecule has 0 aliphatic carbocycles. The summed E-state index contributed by atoms with van der Waals surface area (Å²) in [6.45, 7) is -0.159. The zero-order valence-electron chi connectivity index (χ0n) is 8.86. The summed E-state index contributed by atoms with van der Waals surface area (Å²) in [6, 6.07) is 3.23. The second-order valence-electron chi connectivity index (χ2n) is 2.74. The van der Waals surface area contributed by atoms with Gasteiger partial charge in [0.25, 0.3) is 0 Å². The molecular formula is C7H9AsNNaO6S. The number of rotatable bonds is 5. The first-order valence-corrected chi connectivity index (χ1v) is 8.07. The minimum atomic E-state index is -4.99. The molecule has 0 atom stereocenters. The van der Waals surface area contributed by atoms with Crippen molar-refractivity contribution in [2.24, 2.45) is 0 Å². The molecule has 7 nitrogen and oxygen atoms in total. The quantitative estimate of drug-likeness (QED) is 0.185. The average molecular weight is 333 g/mol. The molecule has 1 aromatic rings. The first kappa shape index (κ1) is 17.4. The maximum absolute atomic E-state index is 11.3. The second kappa shape index (κ2) is 7.73. The van der Waals surface area contributed by atoms with E-state index in [0.717, 1.165) is 18.2 Å². The molecule has 17 heavy (non-hydrogen) atoms. The normalized spacial score (nSPS) is 10.8. The van der Waals surface area contributed by atoms with Crippen LogP contribution in [-0.2, 0) is 7.92 Å². The molecule has 1 aromatic carbocycles. The van der Waals surface area contributed by atoms with Crippen molar-refractivity contribution < 1.29 is 55.3 Å². The first-order valence-electron chi connectivity index (χ1n) is 3.99. The number of hydrogen-bond donors (Lipinski definition) is 4. The average Bonchev–Trinajstić information content (AvgIpc) is 2.19. The molecule has 0 heterocycles. The van der Waals surface area contributed by atoms with Crippen LogP contribution in [0.5, 0.6) is 5.75 Å². The molecule has 10 heteroatoms. The molecule has 0 saturated heterocycles. The Labute approximate surface area is 127 Å². The predicted molar refractivity (Wildman–Crippen MR) is 56.2 cm³/mol. The van der Waals surface area contributed by atoms with Crippen LogP contribution in [0, 0.1) is 0 Å². The SMILES string of the molecule is O=[As](O)(O)c1ccc([O-])c(NCOSO)c1.[Na+]. The third-order valence-corrected chi connectivity index (χ3v) is 3.89. The van der Waals surface area contributed by atoms with Gasteiger partial charge in [0.15, 0.2) is 0 Å². The van der Waals surface area contributed by atoms with Crippen molar-refractivity contribution in [3.8, 4) is 5.75 Å². The van der Waals surface area contributed by atoms with E-state index < -0.39 is 19.9 Å². The Bertz CT molecular complexity index is 413. The summed E-state index contributed by atoms with van der Waals surface area (Å²) >= 11 is -4.87. The van der Waals surface area contributed by atoms with Gasteiger partial charge in [0.2, 0.25) is 0 Å². The fourth-order valence-corrected chi connectivity index (χ4v) is 2.27. The Hall–Kier alpha value is 0.368. The van der Waals surface area contributed by atoms with Crippen molar-refractivity contribution in [1.82, 2.24) is 0 Å². The van der Waals surface area contributed by atoms with Gasteiger partial charge < -0.3 is 0 Å². The molecule has 0 aliphatic heterocycles. The summed E-state index contributed by atoms with van der Waals surface area (Å²) in [5.74, 6) is -0.417. The van der Waals surface area contributed by atoms with Crippen molar-refractivity contribution in [2.45, 2.75) is 0 Å². The minimum Gasteiger partial charge on any atom is 1.00 e. The van der Waals surface area contributed by atoms with Gasteiger partial charge in [-0.15, -0.1) is 0 Å². The summed E-state index contributed by atoms with van der Waals surface area (Å²) in [6.07, 6.45) is 0. The van der Waals surface area contributed by atoms with Crippen molar-refractivity contribution in [3.63, 3.8) is 0 Å². The van der Waals surface area contributed by atoms with Crippen LogP contribution in [0.15, 0.2) is 18.2 Å². The first-order chi connectivity index (χ1) is 7.45. The Balaban J connectivity index is 0.00000256. The molecule has 0 fully saturated rings. The Morgan fingerprint density at radius 2 is 2.12 bits per heavy atom. The zero-order chi connectivity index (χ0) is 12.2. The molecule has 0 amide bonds. The van der Waals surface area contributed by atoms with Gasteiger partial charge in [0.1, 0.15) is 0 Å². The summed E-state index contributed by atoms with van der Waals surface area (Å²) < 4.78 is 41.4. The van der Waals surface area contributed by atoms with Gasteiger partial charge in [-0.3, -0.25) is 0 Å². The van der Waals surface area contributed by atoms with E-state index in [1.54, 1.807) is 0 Å². The maximum atomic E-state index is 11.3. The van der Waals surface area contributed by atoms with Crippen LogP contribution in [-0.4, -0.2) is 33.6 Å². The van der Waals surface area contributed by atoms with E-state index in [-0.39, 0.29) is 58.7 Å². The third kappa shape index (κ3) is 5.69. The van der Waals surface area contributed by atoms with Crippen LogP contribution < -0.4 is 44.3 Å². The van der Waals surface area contributed by atoms with Crippen molar-refractivity contribution in [3.05, 3.63) is 18.2 Å². The molecule has 0 aromatic heterocycles. The molecule has 0 aliphatic rings. The predicted octanol–water partition coefficient (Wildman–Crippen LogP) is -4.17. The van der Waals surface area contributed by atoms with Gasteiger partial charge in [-0.1, -0.05) is 0 Å². The van der Waals surface area contributed by atoms with Gasteiger partial charge in [-0.2, -0.15) is 0 Å². The van der Waals surface area contributed by atoms with Gasteiger partial charge in [0.05, 0.1) is 0 Å². The van der Waals surface area contributed by atoms with Crippen molar-refractivity contribution in [2.75, 3.05) is 12.0 Å². The molecule has 1 rings (SSSR count). The van der Waals surface area contributed by atoms with Gasteiger partial charge >= 0.3 is 128 Å². The van der Waals surface area contributed by atoms with E-state index in [1.165, 1.54) is 0 Å². The Kier molecular flexibility index (Phi) is 7.89. The van der Waals surface area contributed by atoms with Gasteiger partial charge in [-0.25, -0.2) is 0 Å². The smallest absolute Gasteiger partial charge is 1.00 e. The summed E-state index contributed by atoms with van der Waals surface area (Å²) in [7, 11) is 0. The number of nitrogens with one attached hydrogen (secondary N) is 1.